The highest BCUT2D eigenvalue weighted by molar-refractivity contribution is 5.96. The summed E-state index contributed by atoms with van der Waals surface area (Å²) in [6, 6.07) is 3.29. The van der Waals surface area contributed by atoms with Gasteiger partial charge in [0.15, 0.2) is 0 Å². The first-order valence-electron chi connectivity index (χ1n) is 6.00. The molecule has 0 fully saturated rings. The summed E-state index contributed by atoms with van der Waals surface area (Å²) in [5.74, 6) is -0.0452. The molecule has 1 aromatic heterocycles. The summed E-state index contributed by atoms with van der Waals surface area (Å²) in [5.41, 5.74) is -0.639. The maximum atomic E-state index is 12.0. The Hall–Kier alpha value is -1.66. The molecule has 0 radical (unpaired) electrons. The Morgan fingerprint density at radius 1 is 1.58 bits per heavy atom. The minimum absolute atomic E-state index is 0.155. The molecule has 0 bridgehead atoms. The van der Waals surface area contributed by atoms with E-state index in [1.807, 2.05) is 19.0 Å². The third kappa shape index (κ3) is 4.84. The van der Waals surface area contributed by atoms with Crippen molar-refractivity contribution in [3.05, 3.63) is 23.9 Å². The number of carbonyl (C=O) groups is 1. The summed E-state index contributed by atoms with van der Waals surface area (Å²) in [6.45, 7) is 2.28. The van der Waals surface area contributed by atoms with Crippen LogP contribution < -0.4 is 10.1 Å². The third-order valence-electron chi connectivity index (χ3n) is 2.50. The Morgan fingerprint density at radius 3 is 2.84 bits per heavy atom. The zero-order chi connectivity index (χ0) is 14.5. The SMILES string of the molecule is COc1ncccc1C(=O)NCC(C)(O)CN(C)C. The molecule has 2 N–H and O–H groups in total. The van der Waals surface area contributed by atoms with Gasteiger partial charge in [0.25, 0.3) is 5.91 Å². The van der Waals surface area contributed by atoms with E-state index in [0.29, 0.717) is 12.1 Å². The fourth-order valence-electron chi connectivity index (χ4n) is 1.83. The van der Waals surface area contributed by atoms with Crippen LogP contribution in [0.2, 0.25) is 0 Å². The van der Waals surface area contributed by atoms with Gasteiger partial charge in [-0.1, -0.05) is 0 Å². The highest BCUT2D eigenvalue weighted by Gasteiger charge is 2.23. The lowest BCUT2D eigenvalue weighted by Crippen LogP contribution is -2.47. The van der Waals surface area contributed by atoms with E-state index >= 15 is 0 Å². The van der Waals surface area contributed by atoms with Crippen LogP contribution in [0.5, 0.6) is 5.88 Å². The fourth-order valence-corrected chi connectivity index (χ4v) is 1.83. The molecule has 0 saturated heterocycles. The largest absolute Gasteiger partial charge is 0.480 e. The maximum Gasteiger partial charge on any atom is 0.256 e. The van der Waals surface area contributed by atoms with E-state index < -0.39 is 5.60 Å². The van der Waals surface area contributed by atoms with Crippen LogP contribution in [0.3, 0.4) is 0 Å². The molecule has 0 spiro atoms. The number of hydrogen-bond donors (Lipinski definition) is 2. The van der Waals surface area contributed by atoms with Crippen LogP contribution in [0.25, 0.3) is 0 Å². The molecule has 0 aliphatic heterocycles. The first kappa shape index (κ1) is 15.4. The van der Waals surface area contributed by atoms with Crippen molar-refractivity contribution in [1.29, 1.82) is 0 Å². The number of methoxy groups -OCH3 is 1. The highest BCUT2D eigenvalue weighted by atomic mass is 16.5. The second-order valence-corrected chi connectivity index (χ2v) is 4.98. The monoisotopic (exact) mass is 267 g/mol. The number of pyridine rings is 1. The number of aliphatic hydroxyl groups is 1. The second kappa shape index (κ2) is 6.49. The van der Waals surface area contributed by atoms with Gasteiger partial charge < -0.3 is 20.1 Å². The van der Waals surface area contributed by atoms with Crippen LogP contribution in [0, 0.1) is 0 Å². The van der Waals surface area contributed by atoms with Gasteiger partial charge in [-0.15, -0.1) is 0 Å². The van der Waals surface area contributed by atoms with Gasteiger partial charge in [0.05, 0.1) is 12.7 Å². The van der Waals surface area contributed by atoms with Gasteiger partial charge in [-0.25, -0.2) is 4.98 Å². The molecule has 1 heterocycles. The zero-order valence-corrected chi connectivity index (χ0v) is 11.8. The van der Waals surface area contributed by atoms with Crippen LogP contribution in [0.15, 0.2) is 18.3 Å². The predicted molar refractivity (Wildman–Crippen MR) is 72.3 cm³/mol. The van der Waals surface area contributed by atoms with Crippen molar-refractivity contribution in [2.75, 3.05) is 34.3 Å². The number of hydrogen-bond acceptors (Lipinski definition) is 5. The Kier molecular flexibility index (Phi) is 5.26. The molecule has 0 aromatic carbocycles. The normalized spacial score (nSPS) is 14.0. The quantitative estimate of drug-likeness (QED) is 0.766. The molecule has 1 unspecified atom stereocenters. The average molecular weight is 267 g/mol. The molecule has 1 atom stereocenters. The van der Waals surface area contributed by atoms with Gasteiger partial charge in [-0.3, -0.25) is 4.79 Å². The Labute approximate surface area is 113 Å². The maximum absolute atomic E-state index is 12.0. The van der Waals surface area contributed by atoms with Crippen LogP contribution in [-0.4, -0.2) is 60.8 Å². The summed E-state index contributed by atoms with van der Waals surface area (Å²) < 4.78 is 5.02. The summed E-state index contributed by atoms with van der Waals surface area (Å²) in [6.07, 6.45) is 1.55. The number of nitrogens with one attached hydrogen (secondary N) is 1. The van der Waals surface area contributed by atoms with Crippen molar-refractivity contribution in [2.24, 2.45) is 0 Å². The Morgan fingerprint density at radius 2 is 2.26 bits per heavy atom. The number of ether oxygens (including phenoxy) is 1. The lowest BCUT2D eigenvalue weighted by Gasteiger charge is -2.27. The Balaban J connectivity index is 2.65. The van der Waals surface area contributed by atoms with Crippen LogP contribution >= 0.6 is 0 Å². The number of likely N-dealkylation sites (N-methyl/N-ethyl adjacent to an activating group) is 1. The van der Waals surface area contributed by atoms with E-state index in [-0.39, 0.29) is 18.3 Å². The van der Waals surface area contributed by atoms with Crippen molar-refractivity contribution in [2.45, 2.75) is 12.5 Å². The number of amides is 1. The lowest BCUT2D eigenvalue weighted by atomic mass is 10.1. The minimum atomic E-state index is -0.991. The van der Waals surface area contributed by atoms with E-state index in [2.05, 4.69) is 10.3 Å². The van der Waals surface area contributed by atoms with Crippen LogP contribution in [0.4, 0.5) is 0 Å². The van der Waals surface area contributed by atoms with E-state index in [1.165, 1.54) is 7.11 Å². The molecule has 1 amide bonds. The van der Waals surface area contributed by atoms with Crippen molar-refractivity contribution in [1.82, 2.24) is 15.2 Å². The topological polar surface area (TPSA) is 74.7 Å². The molecule has 6 heteroatoms. The van der Waals surface area contributed by atoms with Gasteiger partial charge in [-0.05, 0) is 33.2 Å². The molecule has 1 rings (SSSR count). The molecule has 1 aromatic rings. The molecule has 19 heavy (non-hydrogen) atoms. The average Bonchev–Trinajstić information content (AvgIpc) is 2.34. The van der Waals surface area contributed by atoms with E-state index in [0.717, 1.165) is 0 Å². The Bertz CT molecular complexity index is 433. The summed E-state index contributed by atoms with van der Waals surface area (Å²) >= 11 is 0. The van der Waals surface area contributed by atoms with Gasteiger partial charge in [0, 0.05) is 19.3 Å². The zero-order valence-electron chi connectivity index (χ0n) is 11.8. The third-order valence-corrected chi connectivity index (χ3v) is 2.50. The molecule has 0 aliphatic carbocycles. The fraction of sp³-hybridized carbons (Fsp3) is 0.538. The predicted octanol–water partition coefficient (Wildman–Crippen LogP) is 0.133. The van der Waals surface area contributed by atoms with Gasteiger partial charge >= 0.3 is 0 Å². The first-order valence-corrected chi connectivity index (χ1v) is 6.00. The number of carbonyl (C=O) groups excluding carboxylic acids is 1. The number of rotatable bonds is 6. The van der Waals surface area contributed by atoms with Crippen molar-refractivity contribution in [3.8, 4) is 5.88 Å². The molecular weight excluding hydrogens is 246 g/mol. The van der Waals surface area contributed by atoms with E-state index in [1.54, 1.807) is 25.3 Å². The highest BCUT2D eigenvalue weighted by Crippen LogP contribution is 2.13. The van der Waals surface area contributed by atoms with Crippen molar-refractivity contribution < 1.29 is 14.6 Å². The second-order valence-electron chi connectivity index (χ2n) is 4.98. The van der Waals surface area contributed by atoms with Gasteiger partial charge in [0.1, 0.15) is 5.56 Å². The van der Waals surface area contributed by atoms with E-state index in [9.17, 15) is 9.90 Å². The summed E-state index contributed by atoms with van der Waals surface area (Å²) in [4.78, 5) is 17.8. The van der Waals surface area contributed by atoms with Crippen molar-refractivity contribution >= 4 is 5.91 Å². The minimum Gasteiger partial charge on any atom is -0.480 e. The lowest BCUT2D eigenvalue weighted by molar-refractivity contribution is 0.0325. The van der Waals surface area contributed by atoms with Crippen molar-refractivity contribution in [3.63, 3.8) is 0 Å². The summed E-state index contributed by atoms with van der Waals surface area (Å²) in [5, 5.41) is 12.8. The van der Waals surface area contributed by atoms with Crippen LogP contribution in [0.1, 0.15) is 17.3 Å². The van der Waals surface area contributed by atoms with Gasteiger partial charge in [-0.2, -0.15) is 0 Å². The number of aromatic nitrogens is 1. The molecular formula is C13H21N3O3. The summed E-state index contributed by atoms with van der Waals surface area (Å²) in [7, 11) is 5.18. The smallest absolute Gasteiger partial charge is 0.256 e. The number of nitrogens with zero attached hydrogens (tertiary/aromatic N) is 2. The first-order chi connectivity index (χ1) is 8.85. The molecule has 6 nitrogen and oxygen atoms in total. The van der Waals surface area contributed by atoms with E-state index in [4.69, 9.17) is 4.74 Å². The molecule has 106 valence electrons. The molecule has 0 saturated carbocycles. The standard InChI is InChI=1S/C13H21N3O3/c1-13(18,9-16(2)3)8-15-11(17)10-6-5-7-14-12(10)19-4/h5-7,18H,8-9H2,1-4H3,(H,15,17). The molecule has 0 aliphatic rings. The van der Waals surface area contributed by atoms with Crippen LogP contribution in [-0.2, 0) is 0 Å². The van der Waals surface area contributed by atoms with Gasteiger partial charge in [0.2, 0.25) is 5.88 Å².